The molecule has 0 aliphatic heterocycles. The van der Waals surface area contributed by atoms with E-state index in [9.17, 15) is 13.6 Å². The van der Waals surface area contributed by atoms with Crippen LogP contribution < -0.4 is 5.73 Å². The van der Waals surface area contributed by atoms with Crippen molar-refractivity contribution in [1.82, 2.24) is 4.98 Å². The molecule has 0 fully saturated rings. The first kappa shape index (κ1) is 10.8. The van der Waals surface area contributed by atoms with Crippen LogP contribution in [0.5, 0.6) is 0 Å². The van der Waals surface area contributed by atoms with Crippen LogP contribution in [0, 0.1) is 6.92 Å². The minimum absolute atomic E-state index is 0.110. The molecule has 0 aliphatic rings. The third-order valence-electron chi connectivity index (χ3n) is 1.70. The van der Waals surface area contributed by atoms with E-state index in [-0.39, 0.29) is 11.4 Å². The molecule has 1 aromatic heterocycles. The molecule has 6 heteroatoms. The molecule has 1 rings (SSSR count). The van der Waals surface area contributed by atoms with E-state index in [2.05, 4.69) is 4.98 Å². The fourth-order valence-electron chi connectivity index (χ4n) is 0.974. The lowest BCUT2D eigenvalue weighted by Gasteiger charge is -2.07. The number of hydrogen-bond acceptors (Lipinski definition) is 3. The fourth-order valence-corrected chi connectivity index (χ4v) is 1.07. The second kappa shape index (κ2) is 3.88. The summed E-state index contributed by atoms with van der Waals surface area (Å²) >= 11 is 5.12. The quantitative estimate of drug-likeness (QED) is 0.778. The van der Waals surface area contributed by atoms with Crippen molar-refractivity contribution >= 4 is 22.5 Å². The van der Waals surface area contributed by atoms with Crippen molar-refractivity contribution in [2.45, 2.75) is 13.3 Å². The Kier molecular flexibility index (Phi) is 3.00. The molecule has 3 nitrogen and oxygen atoms in total. The zero-order chi connectivity index (χ0) is 10.9. The smallest absolute Gasteiger partial charge is 0.282 e. The van der Waals surface area contributed by atoms with Crippen molar-refractivity contribution in [3.8, 4) is 0 Å². The Morgan fingerprint density at radius 3 is 2.64 bits per heavy atom. The van der Waals surface area contributed by atoms with Crippen molar-refractivity contribution < 1.29 is 13.6 Å². The molecular weight excluding hydrogens is 214 g/mol. The molecule has 1 aromatic rings. The number of carbonyl (C=O) groups is 1. The lowest BCUT2D eigenvalue weighted by molar-refractivity contribution is 0.107. The number of nitrogens with zero attached hydrogens (tertiary/aromatic N) is 1. The lowest BCUT2D eigenvalue weighted by Crippen LogP contribution is -2.06. The molecular formula is C8H7ClF2N2O. The minimum Gasteiger partial charge on any atom is -0.397 e. The predicted molar refractivity (Wildman–Crippen MR) is 48.5 cm³/mol. The van der Waals surface area contributed by atoms with Crippen molar-refractivity contribution in [1.29, 1.82) is 0 Å². The molecule has 0 amide bonds. The molecule has 0 aromatic carbocycles. The van der Waals surface area contributed by atoms with E-state index in [4.69, 9.17) is 17.3 Å². The number of hydrogen-bond donors (Lipinski definition) is 1. The Hall–Kier alpha value is -1.23. The SMILES string of the molecule is Cc1cc(C(=O)Cl)nc(C(F)F)c1N. The zero-order valence-electron chi connectivity index (χ0n) is 7.22. The molecule has 14 heavy (non-hydrogen) atoms. The molecule has 0 saturated heterocycles. The number of nitrogen functional groups attached to an aromatic ring is 1. The third-order valence-corrected chi connectivity index (χ3v) is 1.90. The number of aromatic nitrogens is 1. The van der Waals surface area contributed by atoms with Crippen molar-refractivity contribution in [2.24, 2.45) is 0 Å². The maximum atomic E-state index is 12.4. The van der Waals surface area contributed by atoms with E-state index in [0.717, 1.165) is 0 Å². The van der Waals surface area contributed by atoms with Crippen LogP contribution in [-0.4, -0.2) is 10.2 Å². The van der Waals surface area contributed by atoms with Gasteiger partial charge in [-0.2, -0.15) is 0 Å². The minimum atomic E-state index is -2.82. The van der Waals surface area contributed by atoms with Gasteiger partial charge in [0.15, 0.2) is 0 Å². The Bertz CT molecular complexity index is 382. The molecule has 0 atom stereocenters. The number of pyridine rings is 1. The Morgan fingerprint density at radius 1 is 1.64 bits per heavy atom. The van der Waals surface area contributed by atoms with E-state index >= 15 is 0 Å². The standard InChI is InChI=1S/C8H7ClF2N2O/c1-3-2-4(7(9)14)13-6(5(3)12)8(10)11/h2,8H,12H2,1H3. The number of halogens is 3. The molecule has 76 valence electrons. The van der Waals surface area contributed by atoms with Gasteiger partial charge in [0.25, 0.3) is 11.7 Å². The number of carbonyl (C=O) groups excluding carboxylic acids is 1. The highest BCUT2D eigenvalue weighted by atomic mass is 35.5. The van der Waals surface area contributed by atoms with E-state index in [1.54, 1.807) is 0 Å². The summed E-state index contributed by atoms with van der Waals surface area (Å²) in [6.45, 7) is 1.51. The largest absolute Gasteiger partial charge is 0.397 e. The van der Waals surface area contributed by atoms with Gasteiger partial charge in [-0.05, 0) is 30.2 Å². The highest BCUT2D eigenvalue weighted by Gasteiger charge is 2.18. The maximum Gasteiger partial charge on any atom is 0.282 e. The highest BCUT2D eigenvalue weighted by molar-refractivity contribution is 6.67. The Balaban J connectivity index is 3.35. The van der Waals surface area contributed by atoms with Gasteiger partial charge < -0.3 is 5.73 Å². The second-order valence-electron chi connectivity index (χ2n) is 2.70. The van der Waals surface area contributed by atoms with Gasteiger partial charge in [0, 0.05) is 0 Å². The molecule has 0 saturated carbocycles. The first-order chi connectivity index (χ1) is 6.43. The summed E-state index contributed by atoms with van der Waals surface area (Å²) < 4.78 is 24.7. The van der Waals surface area contributed by atoms with E-state index < -0.39 is 17.4 Å². The number of aryl methyl sites for hydroxylation is 1. The van der Waals surface area contributed by atoms with Crippen LogP contribution in [0.3, 0.4) is 0 Å². The molecule has 0 aliphatic carbocycles. The first-order valence-corrected chi connectivity index (χ1v) is 4.06. The van der Waals surface area contributed by atoms with Gasteiger partial charge in [0.2, 0.25) is 0 Å². The lowest BCUT2D eigenvalue weighted by atomic mass is 10.1. The number of anilines is 1. The number of nitrogens with two attached hydrogens (primary N) is 1. The van der Waals surface area contributed by atoms with E-state index in [0.29, 0.717) is 5.56 Å². The molecule has 1 heterocycles. The highest BCUT2D eigenvalue weighted by Crippen LogP contribution is 2.26. The summed E-state index contributed by atoms with van der Waals surface area (Å²) in [5.74, 6) is 0. The van der Waals surface area contributed by atoms with Crippen LogP contribution in [0.1, 0.15) is 28.2 Å². The fraction of sp³-hybridized carbons (Fsp3) is 0.250. The maximum absolute atomic E-state index is 12.4. The van der Waals surface area contributed by atoms with Crippen LogP contribution in [0.25, 0.3) is 0 Å². The molecule has 0 radical (unpaired) electrons. The van der Waals surface area contributed by atoms with Crippen LogP contribution in [0.2, 0.25) is 0 Å². The van der Waals surface area contributed by atoms with Gasteiger partial charge in [0.05, 0.1) is 5.69 Å². The van der Waals surface area contributed by atoms with E-state index in [1.807, 2.05) is 0 Å². The number of alkyl halides is 2. The normalized spacial score (nSPS) is 10.6. The van der Waals surface area contributed by atoms with Gasteiger partial charge in [-0.25, -0.2) is 13.8 Å². The van der Waals surface area contributed by atoms with Gasteiger partial charge in [0.1, 0.15) is 11.4 Å². The van der Waals surface area contributed by atoms with E-state index in [1.165, 1.54) is 13.0 Å². The molecule has 0 unspecified atom stereocenters. The van der Waals surface area contributed by atoms with Crippen LogP contribution in [-0.2, 0) is 0 Å². The summed E-state index contributed by atoms with van der Waals surface area (Å²) in [5, 5.41) is -0.880. The summed E-state index contributed by atoms with van der Waals surface area (Å²) in [7, 11) is 0. The number of rotatable bonds is 2. The van der Waals surface area contributed by atoms with Gasteiger partial charge in [-0.3, -0.25) is 4.79 Å². The van der Waals surface area contributed by atoms with Crippen molar-refractivity contribution in [3.63, 3.8) is 0 Å². The van der Waals surface area contributed by atoms with Crippen molar-refractivity contribution in [2.75, 3.05) is 5.73 Å². The summed E-state index contributed by atoms with van der Waals surface area (Å²) in [4.78, 5) is 14.1. The Morgan fingerprint density at radius 2 is 2.21 bits per heavy atom. The van der Waals surface area contributed by atoms with Gasteiger partial charge in [-0.1, -0.05) is 0 Å². The average molecular weight is 221 g/mol. The van der Waals surface area contributed by atoms with Gasteiger partial charge in [-0.15, -0.1) is 0 Å². The zero-order valence-corrected chi connectivity index (χ0v) is 7.98. The Labute approximate surface area is 83.9 Å². The topological polar surface area (TPSA) is 56.0 Å². The van der Waals surface area contributed by atoms with Crippen LogP contribution in [0.15, 0.2) is 6.07 Å². The molecule has 0 bridgehead atoms. The predicted octanol–water partition coefficient (Wildman–Crippen LogP) is 2.29. The monoisotopic (exact) mass is 220 g/mol. The first-order valence-electron chi connectivity index (χ1n) is 3.68. The summed E-state index contributed by atoms with van der Waals surface area (Å²) in [6.07, 6.45) is -2.82. The molecule has 0 spiro atoms. The second-order valence-corrected chi connectivity index (χ2v) is 3.04. The van der Waals surface area contributed by atoms with Crippen LogP contribution in [0.4, 0.5) is 14.5 Å². The van der Waals surface area contributed by atoms with Crippen molar-refractivity contribution in [3.05, 3.63) is 23.0 Å². The average Bonchev–Trinajstić information content (AvgIpc) is 2.08. The third kappa shape index (κ3) is 1.98. The van der Waals surface area contributed by atoms with Gasteiger partial charge >= 0.3 is 0 Å². The molecule has 2 N–H and O–H groups in total. The summed E-state index contributed by atoms with van der Waals surface area (Å²) in [6, 6.07) is 1.27. The summed E-state index contributed by atoms with van der Waals surface area (Å²) in [5.41, 5.74) is 4.79. The van der Waals surface area contributed by atoms with Crippen LogP contribution >= 0.6 is 11.6 Å².